The fourth-order valence-corrected chi connectivity index (χ4v) is 3.79. The van der Waals surface area contributed by atoms with Crippen LogP contribution in [0.25, 0.3) is 16.6 Å². The molecule has 29 heavy (non-hydrogen) atoms. The van der Waals surface area contributed by atoms with Gasteiger partial charge in [0.1, 0.15) is 11.8 Å². The molecule has 146 valence electrons. The molecule has 0 unspecified atom stereocenters. The van der Waals surface area contributed by atoms with E-state index in [1.54, 1.807) is 12.4 Å². The maximum absolute atomic E-state index is 6.05. The molecule has 1 aliphatic rings. The van der Waals surface area contributed by atoms with Crippen LogP contribution in [-0.2, 0) is 11.3 Å². The lowest BCUT2D eigenvalue weighted by atomic mass is 10.1. The molecule has 0 aliphatic carbocycles. The summed E-state index contributed by atoms with van der Waals surface area (Å²) >= 11 is 0. The Morgan fingerprint density at radius 2 is 1.97 bits per heavy atom. The van der Waals surface area contributed by atoms with Crippen LogP contribution in [0.5, 0.6) is 0 Å². The molecule has 0 N–H and O–H groups in total. The van der Waals surface area contributed by atoms with Gasteiger partial charge in [0, 0.05) is 49.5 Å². The average molecular weight is 386 g/mol. The van der Waals surface area contributed by atoms with Gasteiger partial charge in [-0.15, -0.1) is 5.10 Å². The SMILES string of the molecule is Cc1cccc(CN2CCO[C@@H](c3nnn4cc(-c5ccncc5)ccc34)C2)n1. The summed E-state index contributed by atoms with van der Waals surface area (Å²) in [5, 5.41) is 8.78. The van der Waals surface area contributed by atoms with E-state index in [4.69, 9.17) is 4.74 Å². The van der Waals surface area contributed by atoms with Gasteiger partial charge >= 0.3 is 0 Å². The van der Waals surface area contributed by atoms with Crippen LogP contribution in [-0.4, -0.2) is 49.4 Å². The minimum Gasteiger partial charge on any atom is -0.369 e. The van der Waals surface area contributed by atoms with Crippen molar-refractivity contribution in [2.45, 2.75) is 19.6 Å². The summed E-state index contributed by atoms with van der Waals surface area (Å²) in [6, 6.07) is 14.3. The highest BCUT2D eigenvalue weighted by atomic mass is 16.5. The molecule has 0 saturated carbocycles. The summed E-state index contributed by atoms with van der Waals surface area (Å²) in [6.07, 6.45) is 5.48. The van der Waals surface area contributed by atoms with Crippen LogP contribution in [0.15, 0.2) is 61.1 Å². The van der Waals surface area contributed by atoms with E-state index in [1.165, 1.54) is 0 Å². The molecule has 0 amide bonds. The van der Waals surface area contributed by atoms with Gasteiger partial charge in [-0.05, 0) is 42.8 Å². The van der Waals surface area contributed by atoms with E-state index in [0.717, 1.165) is 53.4 Å². The van der Waals surface area contributed by atoms with Gasteiger partial charge in [-0.2, -0.15) is 0 Å². The first-order valence-corrected chi connectivity index (χ1v) is 9.78. The summed E-state index contributed by atoms with van der Waals surface area (Å²) in [5.41, 5.74) is 6.16. The molecule has 0 radical (unpaired) electrons. The van der Waals surface area contributed by atoms with Crippen LogP contribution in [0.1, 0.15) is 23.2 Å². The zero-order valence-corrected chi connectivity index (χ0v) is 16.3. The number of fused-ring (bicyclic) bond motifs is 1. The molecule has 1 fully saturated rings. The van der Waals surface area contributed by atoms with Gasteiger partial charge in [0.05, 0.1) is 17.8 Å². The quantitative estimate of drug-likeness (QED) is 0.537. The van der Waals surface area contributed by atoms with E-state index in [0.29, 0.717) is 6.61 Å². The number of aromatic nitrogens is 5. The largest absolute Gasteiger partial charge is 0.369 e. The van der Waals surface area contributed by atoms with Crippen molar-refractivity contribution >= 4 is 5.52 Å². The molecule has 5 rings (SSSR count). The Morgan fingerprint density at radius 3 is 2.83 bits per heavy atom. The molecule has 4 aromatic heterocycles. The van der Waals surface area contributed by atoms with E-state index >= 15 is 0 Å². The number of nitrogens with zero attached hydrogens (tertiary/aromatic N) is 6. The maximum atomic E-state index is 6.05. The highest BCUT2D eigenvalue weighted by Gasteiger charge is 2.26. The van der Waals surface area contributed by atoms with Crippen molar-refractivity contribution in [3.8, 4) is 11.1 Å². The van der Waals surface area contributed by atoms with Crippen LogP contribution < -0.4 is 0 Å². The number of pyridine rings is 3. The van der Waals surface area contributed by atoms with Gasteiger partial charge < -0.3 is 4.74 Å². The van der Waals surface area contributed by atoms with E-state index in [1.807, 2.05) is 35.8 Å². The standard InChI is InChI=1S/C22H22N6O/c1-16-3-2-4-19(24-16)14-27-11-12-29-21(15-27)22-20-6-5-18(13-28(20)26-25-22)17-7-9-23-10-8-17/h2-10,13,21H,11-12,14-15H2,1H3/t21-/m1/s1. The predicted molar refractivity (Wildman–Crippen MR) is 109 cm³/mol. The third-order valence-corrected chi connectivity index (χ3v) is 5.24. The number of ether oxygens (including phenoxy) is 1. The molecule has 5 heterocycles. The van der Waals surface area contributed by atoms with Crippen molar-refractivity contribution in [1.82, 2.24) is 29.7 Å². The summed E-state index contributed by atoms with van der Waals surface area (Å²) in [6.45, 7) is 5.17. The number of hydrogen-bond donors (Lipinski definition) is 0. The molecule has 1 saturated heterocycles. The molecule has 1 aliphatic heterocycles. The normalized spacial score (nSPS) is 17.6. The Hall–Kier alpha value is -3.16. The highest BCUT2D eigenvalue weighted by molar-refractivity contribution is 5.65. The molecule has 7 nitrogen and oxygen atoms in total. The summed E-state index contributed by atoms with van der Waals surface area (Å²) < 4.78 is 7.88. The van der Waals surface area contributed by atoms with Gasteiger partial charge in [0.2, 0.25) is 0 Å². The molecule has 0 aromatic carbocycles. The lowest BCUT2D eigenvalue weighted by Crippen LogP contribution is -2.38. The second-order valence-electron chi connectivity index (χ2n) is 7.32. The molecular formula is C22H22N6O. The van der Waals surface area contributed by atoms with Crippen LogP contribution in [0, 0.1) is 6.92 Å². The minimum absolute atomic E-state index is 0.0992. The van der Waals surface area contributed by atoms with Gasteiger partial charge in [-0.25, -0.2) is 4.52 Å². The third kappa shape index (κ3) is 3.74. The molecule has 1 atom stereocenters. The van der Waals surface area contributed by atoms with Gasteiger partial charge in [0.15, 0.2) is 0 Å². The fraction of sp³-hybridized carbons (Fsp3) is 0.273. The second-order valence-corrected chi connectivity index (χ2v) is 7.32. The first kappa shape index (κ1) is 17.9. The molecule has 7 heteroatoms. The smallest absolute Gasteiger partial charge is 0.121 e. The van der Waals surface area contributed by atoms with E-state index in [-0.39, 0.29) is 6.10 Å². The summed E-state index contributed by atoms with van der Waals surface area (Å²) in [7, 11) is 0. The first-order valence-electron chi connectivity index (χ1n) is 9.78. The predicted octanol–water partition coefficient (Wildman–Crippen LogP) is 3.07. The molecule has 0 bridgehead atoms. The number of hydrogen-bond acceptors (Lipinski definition) is 6. The lowest BCUT2D eigenvalue weighted by Gasteiger charge is -2.31. The van der Waals surface area contributed by atoms with Gasteiger partial charge in [-0.3, -0.25) is 14.9 Å². The van der Waals surface area contributed by atoms with Crippen LogP contribution in [0.2, 0.25) is 0 Å². The fourth-order valence-electron chi connectivity index (χ4n) is 3.79. The second kappa shape index (κ2) is 7.69. The van der Waals surface area contributed by atoms with E-state index in [2.05, 4.69) is 49.4 Å². The molecule has 4 aromatic rings. The Kier molecular flexibility index (Phi) is 4.75. The zero-order valence-electron chi connectivity index (χ0n) is 16.3. The topological polar surface area (TPSA) is 68.4 Å². The van der Waals surface area contributed by atoms with E-state index in [9.17, 15) is 0 Å². The van der Waals surface area contributed by atoms with Crippen molar-refractivity contribution in [2.24, 2.45) is 0 Å². The Labute approximate surface area is 169 Å². The number of aryl methyl sites for hydroxylation is 1. The summed E-state index contributed by atoms with van der Waals surface area (Å²) in [4.78, 5) is 11.1. The van der Waals surface area contributed by atoms with Crippen LogP contribution >= 0.6 is 0 Å². The van der Waals surface area contributed by atoms with Crippen molar-refractivity contribution in [3.05, 3.63) is 78.1 Å². The van der Waals surface area contributed by atoms with Crippen molar-refractivity contribution in [1.29, 1.82) is 0 Å². The van der Waals surface area contributed by atoms with Crippen molar-refractivity contribution in [2.75, 3.05) is 19.7 Å². The van der Waals surface area contributed by atoms with Crippen LogP contribution in [0.3, 0.4) is 0 Å². The molecule has 0 spiro atoms. The third-order valence-electron chi connectivity index (χ3n) is 5.24. The zero-order chi connectivity index (χ0) is 19.6. The Balaban J connectivity index is 1.37. The monoisotopic (exact) mass is 386 g/mol. The number of morpholine rings is 1. The van der Waals surface area contributed by atoms with Gasteiger partial charge in [0.25, 0.3) is 0 Å². The van der Waals surface area contributed by atoms with E-state index < -0.39 is 0 Å². The Morgan fingerprint density at radius 1 is 1.07 bits per heavy atom. The summed E-state index contributed by atoms with van der Waals surface area (Å²) in [5.74, 6) is 0. The Bertz CT molecular complexity index is 1130. The average Bonchev–Trinajstić information content (AvgIpc) is 3.18. The van der Waals surface area contributed by atoms with Crippen molar-refractivity contribution in [3.63, 3.8) is 0 Å². The lowest BCUT2D eigenvalue weighted by molar-refractivity contribution is -0.0346. The van der Waals surface area contributed by atoms with Crippen LogP contribution in [0.4, 0.5) is 0 Å². The number of rotatable bonds is 4. The highest BCUT2D eigenvalue weighted by Crippen LogP contribution is 2.27. The first-order chi connectivity index (χ1) is 14.3. The van der Waals surface area contributed by atoms with Crippen molar-refractivity contribution < 1.29 is 4.74 Å². The minimum atomic E-state index is -0.0992. The maximum Gasteiger partial charge on any atom is 0.121 e. The van der Waals surface area contributed by atoms with Gasteiger partial charge in [-0.1, -0.05) is 17.3 Å². The molecular weight excluding hydrogens is 364 g/mol.